The van der Waals surface area contributed by atoms with Crippen LogP contribution in [0.5, 0.6) is 23.0 Å². The molecule has 10 N–H and O–H groups in total. The first-order valence-corrected chi connectivity index (χ1v) is 17.8. The van der Waals surface area contributed by atoms with Crippen LogP contribution < -0.4 is 14.9 Å². The average molecular weight is 828 g/mol. The Hall–Kier alpha value is -6.10. The number of fused-ring (bicyclic) bond motifs is 1. The molecule has 10 atom stereocenters. The largest absolute Gasteiger partial charge is 0.510 e. The van der Waals surface area contributed by atoms with Gasteiger partial charge in [0, 0.05) is 17.7 Å². The van der Waals surface area contributed by atoms with Gasteiger partial charge >= 0.3 is 17.9 Å². The maximum absolute atomic E-state index is 12.9. The summed E-state index contributed by atoms with van der Waals surface area (Å²) in [5, 5.41) is 92.4. The molecule has 2 fully saturated rings. The second-order valence-electron chi connectivity index (χ2n) is 13.4. The van der Waals surface area contributed by atoms with Gasteiger partial charge in [-0.25, -0.2) is 0 Å². The van der Waals surface area contributed by atoms with E-state index in [-0.39, 0.29) is 45.6 Å². The number of esters is 2. The van der Waals surface area contributed by atoms with E-state index < -0.39 is 104 Å². The lowest BCUT2D eigenvalue weighted by Gasteiger charge is -2.41. The average Bonchev–Trinajstić information content (AvgIpc) is 3.20. The highest BCUT2D eigenvalue weighted by Gasteiger charge is 2.49. The maximum atomic E-state index is 12.9. The maximum Gasteiger partial charge on any atom is 0.510 e. The van der Waals surface area contributed by atoms with Crippen LogP contribution in [0.25, 0.3) is 28.7 Å². The number of phenolic OH excluding ortho intramolecular Hbond substituents is 2. The van der Waals surface area contributed by atoms with E-state index in [2.05, 4.69) is 0 Å². The van der Waals surface area contributed by atoms with E-state index >= 15 is 0 Å². The number of rotatable bonds is 13. The molecule has 59 heavy (non-hydrogen) atoms. The lowest BCUT2D eigenvalue weighted by atomic mass is 9.98. The molecule has 0 aromatic heterocycles. The van der Waals surface area contributed by atoms with E-state index in [1.54, 1.807) is 12.1 Å². The van der Waals surface area contributed by atoms with Crippen LogP contribution in [-0.2, 0) is 28.5 Å². The third-order valence-corrected chi connectivity index (χ3v) is 9.16. The summed E-state index contributed by atoms with van der Waals surface area (Å²) in [4.78, 5) is 46.1. The van der Waals surface area contributed by atoms with Crippen LogP contribution in [0.4, 0.5) is 0 Å². The van der Waals surface area contributed by atoms with Crippen molar-refractivity contribution in [3.8, 4) is 45.6 Å². The van der Waals surface area contributed by atoms with Crippen molar-refractivity contribution < 1.29 is 93.2 Å². The van der Waals surface area contributed by atoms with Gasteiger partial charge in [0.1, 0.15) is 66.1 Å². The van der Waals surface area contributed by atoms with Crippen LogP contribution in [0.2, 0.25) is 0 Å². The van der Waals surface area contributed by atoms with Gasteiger partial charge in [-0.15, -0.1) is 0 Å². The number of carbonyl (C=O) groups is 2. The molecule has 314 valence electrons. The Morgan fingerprint density at radius 2 is 1.37 bits per heavy atom. The van der Waals surface area contributed by atoms with Gasteiger partial charge in [0.25, 0.3) is 0 Å². The van der Waals surface area contributed by atoms with Gasteiger partial charge in [-0.2, -0.15) is 0 Å². The van der Waals surface area contributed by atoms with E-state index in [4.69, 9.17) is 37.9 Å². The summed E-state index contributed by atoms with van der Waals surface area (Å²) in [6, 6.07) is 14.7. The van der Waals surface area contributed by atoms with E-state index in [1.165, 1.54) is 54.6 Å². The van der Waals surface area contributed by atoms with Crippen molar-refractivity contribution >= 4 is 24.0 Å². The number of aliphatic carboxylic acids is 1. The molecule has 20 heteroatoms. The Morgan fingerprint density at radius 1 is 0.763 bits per heavy atom. The molecule has 4 aliphatic rings. The molecule has 0 saturated carbocycles. The van der Waals surface area contributed by atoms with Gasteiger partial charge in [-0.3, -0.25) is 14.4 Å². The van der Waals surface area contributed by atoms with E-state index in [9.17, 15) is 60.0 Å². The summed E-state index contributed by atoms with van der Waals surface area (Å²) in [5.74, 6) is -4.36. The molecule has 2 saturated heterocycles. The fourth-order valence-corrected chi connectivity index (χ4v) is 6.14. The summed E-state index contributed by atoms with van der Waals surface area (Å²) in [6.45, 7) is -1.46. The first kappa shape index (κ1) is 42.5. The molecule has 0 bridgehead atoms. The number of carboxylic acids is 1. The van der Waals surface area contributed by atoms with Crippen molar-refractivity contribution in [1.82, 2.24) is 0 Å². The topological polar surface area (TPSA) is 323 Å². The number of ether oxygens (including phenoxy) is 6. The van der Waals surface area contributed by atoms with E-state index in [0.717, 1.165) is 12.1 Å². The SMILES string of the molecule is O=C(O)CC(=O)O[C@H]1[C@H](O)[C@@H](O)[C@H](Oc2cc(=O)cc3oc(-c4ccc(O)cc4)c(O[C@@H]4O[C@H](COC(=[OH+])C=Cc5ccc(O)cc5)[C@@H](O)[C@H](O)[C@H]4O)cc2-3)O[C@@H]1CO. The first-order chi connectivity index (χ1) is 28.1. The first-order valence-electron chi connectivity index (χ1n) is 17.8. The number of phenols is 2. The van der Waals surface area contributed by atoms with Gasteiger partial charge < -0.3 is 83.6 Å². The standard InChI is InChI=1S/C39H38O20/c40-15-26-37(59-30(47)14-28(44)45)33(50)35(52)39(57-26)55-24-12-21(43)11-23-22(24)13-25(36(54-23)18-4-8-20(42)9-5-18)56-38-34(51)32(49)31(48)27(58-38)16-53-29(46)10-3-17-1-6-19(41)7-2-17/h1-13,26-27,31-35,37-42,48-52H,14-16H2,(H,44,45)/p+1/t26-,27-,31-,32+,33-,34-,35-,37-,38-,39-/m1/s1. The summed E-state index contributed by atoms with van der Waals surface area (Å²) >= 11 is 0. The van der Waals surface area contributed by atoms with Crippen molar-refractivity contribution in [2.45, 2.75) is 67.8 Å². The Bertz CT molecular complexity index is 2160. The predicted octanol–water partition coefficient (Wildman–Crippen LogP) is -0.554. The van der Waals surface area contributed by atoms with Gasteiger partial charge in [0.2, 0.25) is 19.2 Å². The van der Waals surface area contributed by atoms with Crippen molar-refractivity contribution in [2.75, 3.05) is 13.2 Å². The molecule has 0 spiro atoms. The van der Waals surface area contributed by atoms with Crippen LogP contribution in [-0.4, -0.2) is 143 Å². The quantitative estimate of drug-likeness (QED) is 0.0353. The van der Waals surface area contributed by atoms with Crippen molar-refractivity contribution in [3.63, 3.8) is 0 Å². The number of hydrogen-bond acceptors (Lipinski definition) is 18. The van der Waals surface area contributed by atoms with Crippen molar-refractivity contribution in [3.05, 3.63) is 88.6 Å². The number of aliphatic hydroxyl groups excluding tert-OH is 6. The van der Waals surface area contributed by atoms with Crippen LogP contribution in [0, 0.1) is 0 Å². The zero-order chi connectivity index (χ0) is 42.5. The Morgan fingerprint density at radius 3 is 2.02 bits per heavy atom. The molecular formula is C39H39O20+. The van der Waals surface area contributed by atoms with Crippen LogP contribution in [0.1, 0.15) is 12.0 Å². The summed E-state index contributed by atoms with van der Waals surface area (Å²) in [5.41, 5.74) is 0.126. The second-order valence-corrected chi connectivity index (χ2v) is 13.4. The molecule has 6 rings (SSSR count). The van der Waals surface area contributed by atoms with Gasteiger partial charge in [-0.05, 0) is 54.1 Å². The Balaban J connectivity index is 1.28. The second kappa shape index (κ2) is 18.2. The highest BCUT2D eigenvalue weighted by atomic mass is 16.7. The minimum atomic E-state index is -2.01. The molecule has 0 unspecified atom stereocenters. The zero-order valence-corrected chi connectivity index (χ0v) is 30.5. The number of carbonyl (C=O) groups excluding carboxylic acids is 2. The number of aromatic hydroxyl groups is 2. The Labute approximate surface area is 332 Å². The summed E-state index contributed by atoms with van der Waals surface area (Å²) in [7, 11) is 0. The third kappa shape index (κ3) is 9.96. The fourth-order valence-electron chi connectivity index (χ4n) is 6.14. The Kier molecular flexibility index (Phi) is 13.1. The van der Waals surface area contributed by atoms with Crippen LogP contribution in [0.15, 0.2) is 82.0 Å². The number of aliphatic hydroxyl groups is 6. The minimum absolute atomic E-state index is 0.0374. The lowest BCUT2D eigenvalue weighted by Crippen LogP contribution is -2.61. The molecule has 3 heterocycles. The number of carboxylic acid groups (broad SMARTS) is 1. The smallest absolute Gasteiger partial charge is 0.508 e. The predicted molar refractivity (Wildman–Crippen MR) is 197 cm³/mol. The highest BCUT2D eigenvalue weighted by molar-refractivity contribution is 5.90. The minimum Gasteiger partial charge on any atom is -0.508 e. The van der Waals surface area contributed by atoms with Gasteiger partial charge in [-0.1, -0.05) is 12.1 Å². The van der Waals surface area contributed by atoms with E-state index in [0.29, 0.717) is 5.56 Å². The molecule has 3 aliphatic heterocycles. The zero-order valence-electron chi connectivity index (χ0n) is 30.5. The molecule has 20 nitrogen and oxygen atoms in total. The molecule has 0 amide bonds. The summed E-state index contributed by atoms with van der Waals surface area (Å²) < 4.78 is 39.6. The molecule has 0 radical (unpaired) electrons. The van der Waals surface area contributed by atoms with Crippen molar-refractivity contribution in [1.29, 1.82) is 0 Å². The molecule has 2 aromatic rings. The summed E-state index contributed by atoms with van der Waals surface area (Å²) in [6.07, 6.45) is -16.2. The van der Waals surface area contributed by atoms with Crippen LogP contribution in [0.3, 0.4) is 0 Å². The van der Waals surface area contributed by atoms with Gasteiger partial charge in [0.15, 0.2) is 29.1 Å². The van der Waals surface area contributed by atoms with Crippen LogP contribution >= 0.6 is 0 Å². The normalized spacial score (nSPS) is 26.9. The molecule has 2 aromatic carbocycles. The number of benzene rings is 3. The number of hydrogen-bond donors (Lipinski definition) is 9. The molecular weight excluding hydrogens is 788 g/mol. The lowest BCUT2D eigenvalue weighted by molar-refractivity contribution is -0.281. The van der Waals surface area contributed by atoms with E-state index in [1.807, 2.05) is 0 Å². The molecule has 1 aliphatic carbocycles. The monoisotopic (exact) mass is 827 g/mol. The highest BCUT2D eigenvalue weighted by Crippen LogP contribution is 2.43. The van der Waals surface area contributed by atoms with Gasteiger partial charge in [0.05, 0.1) is 18.2 Å². The van der Waals surface area contributed by atoms with Crippen molar-refractivity contribution in [2.24, 2.45) is 0 Å². The fraction of sp³-hybridized carbons (Fsp3) is 0.333. The third-order valence-electron chi connectivity index (χ3n) is 9.16.